The third kappa shape index (κ3) is 3.68. The average molecular weight is 370 g/mol. The highest BCUT2D eigenvalue weighted by atomic mass is 79.9. The van der Waals surface area contributed by atoms with Crippen LogP contribution in [-0.4, -0.2) is 12.4 Å². The highest BCUT2D eigenvalue weighted by molar-refractivity contribution is 9.10. The van der Waals surface area contributed by atoms with Gasteiger partial charge in [-0.25, -0.2) is 0 Å². The lowest BCUT2D eigenvalue weighted by molar-refractivity contribution is 0.0921. The van der Waals surface area contributed by atoms with Crippen molar-refractivity contribution < 1.29 is 9.53 Å². The molecule has 0 aliphatic rings. The number of Topliss-reactive ketones (excluding diaryl/α,β-unsaturated/α-hetero) is 1. The third-order valence-electron chi connectivity index (χ3n) is 2.33. The molecule has 4 heteroatoms. The van der Waals surface area contributed by atoms with Crippen molar-refractivity contribution in [1.82, 2.24) is 0 Å². The lowest BCUT2D eigenvalue weighted by atomic mass is 10.1. The van der Waals surface area contributed by atoms with Crippen LogP contribution in [0.5, 0.6) is 5.75 Å². The van der Waals surface area contributed by atoms with Crippen LogP contribution in [-0.2, 0) is 0 Å². The predicted molar refractivity (Wildman–Crippen MR) is 78.1 cm³/mol. The van der Waals surface area contributed by atoms with Crippen LogP contribution < -0.4 is 4.74 Å². The maximum absolute atomic E-state index is 11.9. The fourth-order valence-electron chi connectivity index (χ4n) is 1.42. The number of hydrogen-bond donors (Lipinski definition) is 0. The summed E-state index contributed by atoms with van der Waals surface area (Å²) < 4.78 is 7.30. The quantitative estimate of drug-likeness (QED) is 0.743. The summed E-state index contributed by atoms with van der Waals surface area (Å²) in [5.41, 5.74) is 0.640. The fourth-order valence-corrected chi connectivity index (χ4v) is 2.09. The number of hydrogen-bond acceptors (Lipinski definition) is 2. The van der Waals surface area contributed by atoms with Crippen molar-refractivity contribution in [3.8, 4) is 5.75 Å². The van der Waals surface area contributed by atoms with Crippen LogP contribution in [0.3, 0.4) is 0 Å². The molecule has 2 aromatic carbocycles. The van der Waals surface area contributed by atoms with Gasteiger partial charge in [0.2, 0.25) is 0 Å². The summed E-state index contributed by atoms with van der Waals surface area (Å²) in [4.78, 5) is 11.9. The summed E-state index contributed by atoms with van der Waals surface area (Å²) in [5, 5.41) is 0. The first-order valence-electron chi connectivity index (χ1n) is 5.32. The van der Waals surface area contributed by atoms with Gasteiger partial charge in [-0.05, 0) is 36.4 Å². The lowest BCUT2D eigenvalue weighted by Crippen LogP contribution is -2.11. The molecule has 2 rings (SSSR count). The van der Waals surface area contributed by atoms with Crippen LogP contribution in [0.1, 0.15) is 10.4 Å². The molecule has 0 aromatic heterocycles. The number of rotatable bonds is 4. The maximum atomic E-state index is 11.9. The second-order valence-corrected chi connectivity index (χ2v) is 5.51. The second kappa shape index (κ2) is 6.16. The summed E-state index contributed by atoms with van der Waals surface area (Å²) in [5.74, 6) is 0.640. The Morgan fingerprint density at radius 3 is 2.39 bits per heavy atom. The Labute approximate surface area is 122 Å². The Morgan fingerprint density at radius 1 is 1.00 bits per heavy atom. The van der Waals surface area contributed by atoms with E-state index in [1.54, 1.807) is 12.1 Å². The van der Waals surface area contributed by atoms with Crippen LogP contribution in [0.25, 0.3) is 0 Å². The monoisotopic (exact) mass is 368 g/mol. The fraction of sp³-hybridized carbons (Fsp3) is 0.0714. The van der Waals surface area contributed by atoms with Gasteiger partial charge in [0, 0.05) is 14.5 Å². The van der Waals surface area contributed by atoms with Gasteiger partial charge in [-0.2, -0.15) is 0 Å². The molecular weight excluding hydrogens is 360 g/mol. The van der Waals surface area contributed by atoms with Crippen molar-refractivity contribution in [2.75, 3.05) is 6.61 Å². The van der Waals surface area contributed by atoms with Crippen molar-refractivity contribution in [1.29, 1.82) is 0 Å². The minimum absolute atomic E-state index is 0.0398. The van der Waals surface area contributed by atoms with Gasteiger partial charge in [0.15, 0.2) is 12.4 Å². The molecule has 0 heterocycles. The molecule has 18 heavy (non-hydrogen) atoms. The largest absolute Gasteiger partial charge is 0.485 e. The molecule has 0 spiro atoms. The van der Waals surface area contributed by atoms with Gasteiger partial charge in [-0.15, -0.1) is 0 Å². The molecule has 0 unspecified atom stereocenters. The Hall–Kier alpha value is -1.13. The number of benzene rings is 2. The summed E-state index contributed by atoms with van der Waals surface area (Å²) in [6, 6.07) is 14.7. The van der Waals surface area contributed by atoms with E-state index >= 15 is 0 Å². The van der Waals surface area contributed by atoms with Crippen molar-refractivity contribution in [2.24, 2.45) is 0 Å². The Morgan fingerprint density at radius 2 is 1.72 bits per heavy atom. The zero-order chi connectivity index (χ0) is 13.0. The molecule has 0 aliphatic carbocycles. The predicted octanol–water partition coefficient (Wildman–Crippen LogP) is 4.47. The van der Waals surface area contributed by atoms with Crippen LogP contribution in [0, 0.1) is 0 Å². The summed E-state index contributed by atoms with van der Waals surface area (Å²) in [6.45, 7) is 0.0398. The maximum Gasteiger partial charge on any atom is 0.200 e. The normalized spacial score (nSPS) is 10.1. The first kappa shape index (κ1) is 13.3. The number of carbonyl (C=O) groups is 1. The summed E-state index contributed by atoms with van der Waals surface area (Å²) in [6.07, 6.45) is 0. The second-order valence-electron chi connectivity index (χ2n) is 3.68. The number of carbonyl (C=O) groups excluding carboxylic acids is 1. The smallest absolute Gasteiger partial charge is 0.200 e. The molecule has 2 aromatic rings. The van der Waals surface area contributed by atoms with Crippen molar-refractivity contribution >= 4 is 37.6 Å². The van der Waals surface area contributed by atoms with E-state index in [0.717, 1.165) is 8.95 Å². The molecule has 0 radical (unpaired) electrons. The minimum Gasteiger partial charge on any atom is -0.485 e. The molecule has 0 aliphatic heterocycles. The van der Waals surface area contributed by atoms with Crippen LogP contribution in [0.4, 0.5) is 0 Å². The lowest BCUT2D eigenvalue weighted by Gasteiger charge is -2.05. The highest BCUT2D eigenvalue weighted by Gasteiger charge is 2.07. The van der Waals surface area contributed by atoms with Gasteiger partial charge in [0.05, 0.1) is 0 Å². The Bertz CT molecular complexity index is 550. The molecule has 2 nitrogen and oxygen atoms in total. The van der Waals surface area contributed by atoms with Crippen molar-refractivity contribution in [2.45, 2.75) is 0 Å². The van der Waals surface area contributed by atoms with E-state index in [2.05, 4.69) is 31.9 Å². The molecule has 0 atom stereocenters. The first-order chi connectivity index (χ1) is 8.65. The molecule has 92 valence electrons. The Kier molecular flexibility index (Phi) is 4.55. The molecule has 0 N–H and O–H groups in total. The average Bonchev–Trinajstić information content (AvgIpc) is 2.38. The van der Waals surface area contributed by atoms with Gasteiger partial charge in [-0.3, -0.25) is 4.79 Å². The molecule has 0 fully saturated rings. The topological polar surface area (TPSA) is 26.3 Å². The van der Waals surface area contributed by atoms with Crippen LogP contribution in [0.2, 0.25) is 0 Å². The molecule has 0 saturated heterocycles. The van der Waals surface area contributed by atoms with E-state index < -0.39 is 0 Å². The van der Waals surface area contributed by atoms with Gasteiger partial charge in [0.1, 0.15) is 5.75 Å². The minimum atomic E-state index is -0.0424. The number of halogens is 2. The van der Waals surface area contributed by atoms with E-state index in [0.29, 0.717) is 11.3 Å². The van der Waals surface area contributed by atoms with Crippen molar-refractivity contribution in [3.05, 3.63) is 63.0 Å². The summed E-state index contributed by atoms with van der Waals surface area (Å²) in [7, 11) is 0. The summed E-state index contributed by atoms with van der Waals surface area (Å²) >= 11 is 6.68. The first-order valence-corrected chi connectivity index (χ1v) is 6.91. The molecule has 0 saturated carbocycles. The van der Waals surface area contributed by atoms with Gasteiger partial charge < -0.3 is 4.74 Å². The SMILES string of the molecule is O=C(COc1ccc(Br)cc1)c1cccc(Br)c1. The van der Waals surface area contributed by atoms with Gasteiger partial charge in [0.25, 0.3) is 0 Å². The molecule has 0 amide bonds. The zero-order valence-corrected chi connectivity index (χ0v) is 12.6. The van der Waals surface area contributed by atoms with Crippen molar-refractivity contribution in [3.63, 3.8) is 0 Å². The van der Waals surface area contributed by atoms with E-state index in [4.69, 9.17) is 4.74 Å². The molecule has 0 bridgehead atoms. The van der Waals surface area contributed by atoms with Crippen LogP contribution in [0.15, 0.2) is 57.5 Å². The van der Waals surface area contributed by atoms with E-state index in [1.165, 1.54) is 0 Å². The van der Waals surface area contributed by atoms with Gasteiger partial charge in [-0.1, -0.05) is 44.0 Å². The van der Waals surface area contributed by atoms with E-state index in [-0.39, 0.29) is 12.4 Å². The van der Waals surface area contributed by atoms with E-state index in [1.807, 2.05) is 36.4 Å². The zero-order valence-electron chi connectivity index (χ0n) is 9.40. The van der Waals surface area contributed by atoms with Crippen LogP contribution >= 0.6 is 31.9 Å². The number of ether oxygens (including phenoxy) is 1. The standard InChI is InChI=1S/C14H10Br2O2/c15-11-4-6-13(7-5-11)18-9-14(17)10-2-1-3-12(16)8-10/h1-8H,9H2. The third-order valence-corrected chi connectivity index (χ3v) is 3.35. The number of ketones is 1. The highest BCUT2D eigenvalue weighted by Crippen LogP contribution is 2.17. The van der Waals surface area contributed by atoms with Gasteiger partial charge >= 0.3 is 0 Å². The Balaban J connectivity index is 1.98. The van der Waals surface area contributed by atoms with E-state index in [9.17, 15) is 4.79 Å². The molecular formula is C14H10Br2O2.